The molecule has 0 unspecified atom stereocenters. The average molecular weight is 612 g/mol. The van der Waals surface area contributed by atoms with Crippen LogP contribution in [-0.2, 0) is 9.53 Å². The number of aromatic nitrogens is 6. The van der Waals surface area contributed by atoms with Crippen molar-refractivity contribution in [2.24, 2.45) is 5.92 Å². The monoisotopic (exact) mass is 611 g/mol. The maximum Gasteiger partial charge on any atom is 0.310 e. The third-order valence-corrected chi connectivity index (χ3v) is 8.13. The van der Waals surface area contributed by atoms with Crippen LogP contribution in [-0.4, -0.2) is 99.2 Å². The summed E-state index contributed by atoms with van der Waals surface area (Å²) in [5, 5.41) is 16.1. The molecule has 45 heavy (non-hydrogen) atoms. The van der Waals surface area contributed by atoms with E-state index in [1.165, 1.54) is 0 Å². The number of ether oxygens (including phenoxy) is 3. The van der Waals surface area contributed by atoms with Crippen molar-refractivity contribution in [3.8, 4) is 28.4 Å². The number of hydrogen-bond donors (Lipinski definition) is 2. The van der Waals surface area contributed by atoms with Crippen LogP contribution in [0.5, 0.6) is 11.5 Å². The highest BCUT2D eigenvalue weighted by molar-refractivity contribution is 6.05. The summed E-state index contributed by atoms with van der Waals surface area (Å²) in [5.41, 5.74) is 4.35. The molecule has 2 aliphatic rings. The van der Waals surface area contributed by atoms with Crippen molar-refractivity contribution in [2.75, 3.05) is 58.4 Å². The van der Waals surface area contributed by atoms with Gasteiger partial charge in [-0.15, -0.1) is 0 Å². The number of nitrogens with zero attached hydrogens (tertiary/aromatic N) is 7. The lowest BCUT2D eigenvalue weighted by molar-refractivity contribution is -0.147. The van der Waals surface area contributed by atoms with Crippen molar-refractivity contribution in [3.63, 3.8) is 0 Å². The van der Waals surface area contributed by atoms with Gasteiger partial charge in [0.2, 0.25) is 0 Å². The van der Waals surface area contributed by atoms with Gasteiger partial charge in [-0.1, -0.05) is 0 Å². The van der Waals surface area contributed by atoms with Crippen LogP contribution in [0.25, 0.3) is 33.5 Å². The van der Waals surface area contributed by atoms with E-state index in [2.05, 4.69) is 25.6 Å². The molecule has 6 heterocycles. The molecule has 14 heteroatoms. The number of fused-ring (bicyclic) bond motifs is 3. The van der Waals surface area contributed by atoms with Crippen molar-refractivity contribution < 1.29 is 23.8 Å². The highest BCUT2D eigenvalue weighted by Crippen LogP contribution is 2.38. The fraction of sp³-hybridized carbons (Fsp3) is 0.355. The van der Waals surface area contributed by atoms with Crippen molar-refractivity contribution in [3.05, 3.63) is 54.7 Å². The molecule has 0 bridgehead atoms. The van der Waals surface area contributed by atoms with Crippen molar-refractivity contribution in [2.45, 2.75) is 13.3 Å². The van der Waals surface area contributed by atoms with E-state index in [0.29, 0.717) is 78.8 Å². The lowest BCUT2D eigenvalue weighted by Crippen LogP contribution is -2.34. The van der Waals surface area contributed by atoms with Gasteiger partial charge in [-0.3, -0.25) is 14.6 Å². The molecule has 1 aromatic carbocycles. The summed E-state index contributed by atoms with van der Waals surface area (Å²) >= 11 is 0. The molecule has 1 fully saturated rings. The number of esters is 1. The molecule has 0 spiro atoms. The number of amides is 1. The van der Waals surface area contributed by atoms with E-state index in [-0.39, 0.29) is 23.5 Å². The lowest BCUT2D eigenvalue weighted by Gasteiger charge is -2.21. The Morgan fingerprint density at radius 1 is 1.20 bits per heavy atom. The number of hydrogen-bond acceptors (Lipinski definition) is 11. The second-order valence-electron chi connectivity index (χ2n) is 10.9. The predicted octanol–water partition coefficient (Wildman–Crippen LogP) is 2.56. The normalized spacial score (nSPS) is 16.3. The van der Waals surface area contributed by atoms with Gasteiger partial charge in [-0.2, -0.15) is 10.2 Å². The first-order chi connectivity index (χ1) is 22.0. The number of pyridine rings is 1. The van der Waals surface area contributed by atoms with Gasteiger partial charge in [0.1, 0.15) is 23.8 Å². The Kier molecular flexibility index (Phi) is 7.63. The zero-order valence-corrected chi connectivity index (χ0v) is 25.0. The summed E-state index contributed by atoms with van der Waals surface area (Å²) in [4.78, 5) is 37.1. The maximum atomic E-state index is 13.6. The van der Waals surface area contributed by atoms with Crippen molar-refractivity contribution >= 4 is 34.1 Å². The maximum absolute atomic E-state index is 13.6. The highest BCUT2D eigenvalue weighted by atomic mass is 16.5. The van der Waals surface area contributed by atoms with Crippen molar-refractivity contribution in [1.29, 1.82) is 0 Å². The van der Waals surface area contributed by atoms with Crippen LogP contribution in [0.1, 0.15) is 23.8 Å². The van der Waals surface area contributed by atoms with E-state index < -0.39 is 0 Å². The number of likely N-dealkylation sites (tertiary alicyclic amines) is 1. The first-order valence-corrected chi connectivity index (χ1v) is 15.0. The Morgan fingerprint density at radius 3 is 2.98 bits per heavy atom. The fourth-order valence-electron chi connectivity index (χ4n) is 5.90. The van der Waals surface area contributed by atoms with E-state index in [1.807, 2.05) is 37.4 Å². The van der Waals surface area contributed by atoms with Gasteiger partial charge in [0.25, 0.3) is 5.91 Å². The van der Waals surface area contributed by atoms with E-state index >= 15 is 0 Å². The van der Waals surface area contributed by atoms with Gasteiger partial charge >= 0.3 is 5.97 Å². The van der Waals surface area contributed by atoms with E-state index in [0.717, 1.165) is 24.2 Å². The number of carbonyl (C=O) groups excluding carboxylic acids is 2. The second-order valence-corrected chi connectivity index (χ2v) is 10.9. The van der Waals surface area contributed by atoms with Gasteiger partial charge in [0, 0.05) is 56.9 Å². The minimum absolute atomic E-state index is 0.130. The zero-order chi connectivity index (χ0) is 30.9. The van der Waals surface area contributed by atoms with Crippen LogP contribution >= 0.6 is 0 Å². The Balaban J connectivity index is 1.22. The average Bonchev–Trinajstić information content (AvgIpc) is 3.81. The van der Waals surface area contributed by atoms with Crippen LogP contribution < -0.4 is 20.1 Å². The minimum Gasteiger partial charge on any atom is -0.494 e. The van der Waals surface area contributed by atoms with Crippen LogP contribution in [0.15, 0.2) is 49.1 Å². The zero-order valence-electron chi connectivity index (χ0n) is 25.0. The summed E-state index contributed by atoms with van der Waals surface area (Å²) in [6.07, 6.45) is 7.65. The summed E-state index contributed by atoms with van der Waals surface area (Å²) in [5.74, 6) is 0.604. The number of methoxy groups -OCH3 is 1. The molecule has 1 saturated heterocycles. The Morgan fingerprint density at radius 2 is 2.11 bits per heavy atom. The van der Waals surface area contributed by atoms with Gasteiger partial charge in [0.15, 0.2) is 11.3 Å². The number of rotatable bonds is 9. The van der Waals surface area contributed by atoms with Crippen LogP contribution in [0.3, 0.4) is 0 Å². The SMILES string of the molecule is CCOC(=O)[C@H]1CCN(CCNC(=O)c2nn(-c3cc4c(cc3OC)NCCO4)c3cc(-c4cnn5cccnc45)ncc23)C1. The lowest BCUT2D eigenvalue weighted by atomic mass is 10.1. The Hall–Kier alpha value is -5.24. The number of nitrogens with one attached hydrogen (secondary N) is 2. The molecule has 2 aliphatic heterocycles. The van der Waals surface area contributed by atoms with Gasteiger partial charge < -0.3 is 29.7 Å². The summed E-state index contributed by atoms with van der Waals surface area (Å²) in [7, 11) is 1.59. The van der Waals surface area contributed by atoms with E-state index in [9.17, 15) is 9.59 Å². The molecule has 0 radical (unpaired) electrons. The van der Waals surface area contributed by atoms with Gasteiger partial charge in [-0.25, -0.2) is 14.2 Å². The molecule has 5 aromatic rings. The molecule has 14 nitrogen and oxygen atoms in total. The summed E-state index contributed by atoms with van der Waals surface area (Å²) in [6, 6.07) is 7.41. The van der Waals surface area contributed by atoms with E-state index in [4.69, 9.17) is 24.3 Å². The molecule has 0 aliphatic carbocycles. The molecule has 1 amide bonds. The second kappa shape index (κ2) is 12.0. The highest BCUT2D eigenvalue weighted by Gasteiger charge is 2.29. The first-order valence-electron chi connectivity index (χ1n) is 15.0. The van der Waals surface area contributed by atoms with Crippen LogP contribution in [0, 0.1) is 5.92 Å². The Bertz CT molecular complexity index is 1900. The molecule has 0 saturated carbocycles. The first kappa shape index (κ1) is 28.5. The van der Waals surface area contributed by atoms with Gasteiger partial charge in [-0.05, 0) is 32.0 Å². The van der Waals surface area contributed by atoms with Gasteiger partial charge in [0.05, 0.1) is 53.7 Å². The smallest absolute Gasteiger partial charge is 0.310 e. The third kappa shape index (κ3) is 5.37. The molecule has 2 N–H and O–H groups in total. The summed E-state index contributed by atoms with van der Waals surface area (Å²) < 4.78 is 20.2. The largest absolute Gasteiger partial charge is 0.494 e. The fourth-order valence-corrected chi connectivity index (χ4v) is 5.90. The van der Waals surface area contributed by atoms with Crippen LogP contribution in [0.2, 0.25) is 0 Å². The molecular formula is C31H33N9O5. The standard InChI is InChI=1S/C31H33N9O5/c1-3-44-31(42)19-5-10-38(18-19)11-7-34-30(41)28-21-16-35-22(20-17-36-39-9-4-6-33-29(20)39)13-24(21)40(37-28)25-15-26-23(14-27(25)43-2)32-8-12-45-26/h4,6,9,13-17,19,32H,3,5,7-8,10-12,18H2,1-2H3,(H,34,41)/t19-/m0/s1. The third-order valence-electron chi connectivity index (χ3n) is 8.13. The molecular weight excluding hydrogens is 578 g/mol. The van der Waals surface area contributed by atoms with E-state index in [1.54, 1.807) is 34.9 Å². The summed E-state index contributed by atoms with van der Waals surface area (Å²) in [6.45, 7) is 5.79. The topological polar surface area (TPSA) is 150 Å². The Labute approximate surface area is 258 Å². The number of benzene rings is 1. The van der Waals surface area contributed by atoms with Crippen molar-refractivity contribution in [1.82, 2.24) is 39.6 Å². The number of anilines is 1. The molecule has 232 valence electrons. The quantitative estimate of drug-likeness (QED) is 0.237. The predicted molar refractivity (Wildman–Crippen MR) is 165 cm³/mol. The minimum atomic E-state index is -0.332. The number of carbonyl (C=O) groups is 2. The molecule has 4 aromatic heterocycles. The van der Waals surface area contributed by atoms with Crippen LogP contribution in [0.4, 0.5) is 5.69 Å². The molecule has 7 rings (SSSR count). The molecule has 1 atom stereocenters.